The highest BCUT2D eigenvalue weighted by molar-refractivity contribution is 7.89. The van der Waals surface area contributed by atoms with Crippen LogP contribution in [0.25, 0.3) is 0 Å². The van der Waals surface area contributed by atoms with E-state index in [1.807, 2.05) is 13.8 Å². The van der Waals surface area contributed by atoms with Crippen LogP contribution in [-0.2, 0) is 16.4 Å². The van der Waals surface area contributed by atoms with Crippen LogP contribution in [0.15, 0.2) is 29.2 Å². The van der Waals surface area contributed by atoms with E-state index in [0.717, 1.165) is 12.0 Å². The SMILES string of the molecule is CC1(C)CC1NS(=O)(=O)c1ccc(CCO)cc1. The molecule has 1 atom stereocenters. The summed E-state index contributed by atoms with van der Waals surface area (Å²) >= 11 is 0. The number of hydrogen-bond acceptors (Lipinski definition) is 3. The summed E-state index contributed by atoms with van der Waals surface area (Å²) in [6.45, 7) is 4.16. The predicted octanol–water partition coefficient (Wildman–Crippen LogP) is 1.30. The maximum Gasteiger partial charge on any atom is 0.240 e. The summed E-state index contributed by atoms with van der Waals surface area (Å²) in [6.07, 6.45) is 1.43. The number of sulfonamides is 1. The number of rotatable bonds is 5. The van der Waals surface area contributed by atoms with E-state index in [9.17, 15) is 8.42 Å². The molecule has 18 heavy (non-hydrogen) atoms. The molecule has 2 rings (SSSR count). The smallest absolute Gasteiger partial charge is 0.240 e. The Morgan fingerprint density at radius 3 is 2.33 bits per heavy atom. The third-order valence-corrected chi connectivity index (χ3v) is 4.93. The Hall–Kier alpha value is -0.910. The Balaban J connectivity index is 2.10. The number of nitrogens with one attached hydrogen (secondary N) is 1. The quantitative estimate of drug-likeness (QED) is 0.846. The van der Waals surface area contributed by atoms with Crippen LogP contribution in [0.2, 0.25) is 0 Å². The molecular formula is C13H19NO3S. The first kappa shape index (κ1) is 13.5. The Kier molecular flexibility index (Phi) is 3.49. The minimum Gasteiger partial charge on any atom is -0.396 e. The molecule has 100 valence electrons. The van der Waals surface area contributed by atoms with E-state index < -0.39 is 10.0 Å². The Morgan fingerprint density at radius 1 is 1.33 bits per heavy atom. The molecule has 0 bridgehead atoms. The number of benzene rings is 1. The lowest BCUT2D eigenvalue weighted by molar-refractivity contribution is 0.299. The highest BCUT2D eigenvalue weighted by Gasteiger charge is 2.47. The summed E-state index contributed by atoms with van der Waals surface area (Å²) < 4.78 is 26.9. The molecule has 1 aliphatic rings. The molecule has 1 fully saturated rings. The van der Waals surface area contributed by atoms with Crippen molar-refractivity contribution in [2.45, 2.75) is 37.6 Å². The number of aliphatic hydroxyl groups is 1. The van der Waals surface area contributed by atoms with E-state index in [4.69, 9.17) is 5.11 Å². The van der Waals surface area contributed by atoms with Gasteiger partial charge in [-0.25, -0.2) is 13.1 Å². The van der Waals surface area contributed by atoms with Gasteiger partial charge in [-0.1, -0.05) is 26.0 Å². The topological polar surface area (TPSA) is 66.4 Å². The van der Waals surface area contributed by atoms with Gasteiger partial charge in [-0.05, 0) is 36.0 Å². The molecule has 2 N–H and O–H groups in total. The zero-order valence-corrected chi connectivity index (χ0v) is 11.5. The van der Waals surface area contributed by atoms with Crippen molar-refractivity contribution < 1.29 is 13.5 Å². The van der Waals surface area contributed by atoms with Gasteiger partial charge >= 0.3 is 0 Å². The van der Waals surface area contributed by atoms with Crippen molar-refractivity contribution >= 4 is 10.0 Å². The van der Waals surface area contributed by atoms with Gasteiger partial charge in [0.1, 0.15) is 0 Å². The Bertz CT molecular complexity index is 520. The highest BCUT2D eigenvalue weighted by Crippen LogP contribution is 2.45. The van der Waals surface area contributed by atoms with Crippen LogP contribution in [0.3, 0.4) is 0 Å². The summed E-state index contributed by atoms with van der Waals surface area (Å²) in [6, 6.07) is 6.69. The molecule has 4 nitrogen and oxygen atoms in total. The second kappa shape index (κ2) is 4.64. The van der Waals surface area contributed by atoms with Crippen LogP contribution < -0.4 is 4.72 Å². The van der Waals surface area contributed by atoms with Gasteiger partial charge in [-0.2, -0.15) is 0 Å². The Labute approximate surface area is 108 Å². The molecule has 0 aliphatic heterocycles. The van der Waals surface area contributed by atoms with Crippen molar-refractivity contribution in [1.29, 1.82) is 0 Å². The zero-order valence-electron chi connectivity index (χ0n) is 10.7. The minimum absolute atomic E-state index is 0.0413. The van der Waals surface area contributed by atoms with Crippen molar-refractivity contribution in [2.24, 2.45) is 5.41 Å². The van der Waals surface area contributed by atoms with E-state index in [1.54, 1.807) is 24.3 Å². The normalized spacial score (nSPS) is 21.8. The van der Waals surface area contributed by atoms with Crippen molar-refractivity contribution in [3.63, 3.8) is 0 Å². The maximum absolute atomic E-state index is 12.1. The van der Waals surface area contributed by atoms with Gasteiger partial charge < -0.3 is 5.11 Å². The molecular weight excluding hydrogens is 250 g/mol. The largest absolute Gasteiger partial charge is 0.396 e. The summed E-state index contributed by atoms with van der Waals surface area (Å²) in [5.74, 6) is 0. The minimum atomic E-state index is -3.41. The summed E-state index contributed by atoms with van der Waals surface area (Å²) in [7, 11) is -3.41. The van der Waals surface area contributed by atoms with Gasteiger partial charge in [-0.15, -0.1) is 0 Å². The molecule has 1 aliphatic carbocycles. The first-order chi connectivity index (χ1) is 8.35. The molecule has 0 radical (unpaired) electrons. The van der Waals surface area contributed by atoms with Gasteiger partial charge in [0.2, 0.25) is 10.0 Å². The lowest BCUT2D eigenvalue weighted by atomic mass is 10.2. The molecule has 0 aromatic heterocycles. The molecule has 1 aromatic rings. The van der Waals surface area contributed by atoms with Crippen molar-refractivity contribution in [2.75, 3.05) is 6.61 Å². The van der Waals surface area contributed by atoms with Crippen LogP contribution in [0.5, 0.6) is 0 Å². The second-order valence-electron chi connectivity index (χ2n) is 5.48. The molecule has 5 heteroatoms. The lowest BCUT2D eigenvalue weighted by Crippen LogP contribution is -2.28. The molecule has 1 aromatic carbocycles. The summed E-state index contributed by atoms with van der Waals surface area (Å²) in [4.78, 5) is 0.284. The van der Waals surface area contributed by atoms with Crippen molar-refractivity contribution in [1.82, 2.24) is 4.72 Å². The molecule has 0 amide bonds. The highest BCUT2D eigenvalue weighted by atomic mass is 32.2. The van der Waals surface area contributed by atoms with E-state index >= 15 is 0 Å². The van der Waals surface area contributed by atoms with Gasteiger partial charge in [0.05, 0.1) is 4.90 Å². The molecule has 0 spiro atoms. The fourth-order valence-electron chi connectivity index (χ4n) is 1.89. The Morgan fingerprint density at radius 2 is 1.89 bits per heavy atom. The first-order valence-corrected chi connectivity index (χ1v) is 7.56. The van der Waals surface area contributed by atoms with Crippen molar-refractivity contribution in [3.8, 4) is 0 Å². The van der Waals surface area contributed by atoms with Gasteiger partial charge in [0.25, 0.3) is 0 Å². The number of aliphatic hydroxyl groups excluding tert-OH is 1. The van der Waals surface area contributed by atoms with E-state index in [-0.39, 0.29) is 23.0 Å². The van der Waals surface area contributed by atoms with Gasteiger partial charge in [0.15, 0.2) is 0 Å². The fourth-order valence-corrected chi connectivity index (χ4v) is 3.30. The van der Waals surface area contributed by atoms with E-state index in [2.05, 4.69) is 4.72 Å². The van der Waals surface area contributed by atoms with Crippen LogP contribution in [0, 0.1) is 5.41 Å². The first-order valence-electron chi connectivity index (χ1n) is 6.07. The summed E-state index contributed by atoms with van der Waals surface area (Å²) in [5, 5.41) is 8.80. The van der Waals surface area contributed by atoms with Crippen LogP contribution in [-0.4, -0.2) is 26.2 Å². The van der Waals surface area contributed by atoms with Gasteiger partial charge in [-0.3, -0.25) is 0 Å². The zero-order chi connectivity index (χ0) is 13.4. The standard InChI is InChI=1S/C13H19NO3S/c1-13(2)9-12(13)14-18(16,17)11-5-3-10(4-6-11)7-8-15/h3-6,12,14-15H,7-9H2,1-2H3. The van der Waals surface area contributed by atoms with Gasteiger partial charge in [0, 0.05) is 12.6 Å². The second-order valence-corrected chi connectivity index (χ2v) is 7.20. The van der Waals surface area contributed by atoms with Crippen LogP contribution in [0.4, 0.5) is 0 Å². The fraction of sp³-hybridized carbons (Fsp3) is 0.538. The third-order valence-electron chi connectivity index (χ3n) is 3.44. The predicted molar refractivity (Wildman–Crippen MR) is 69.7 cm³/mol. The van der Waals surface area contributed by atoms with Crippen molar-refractivity contribution in [3.05, 3.63) is 29.8 Å². The summed E-state index contributed by atoms with van der Waals surface area (Å²) in [5.41, 5.74) is 1.01. The maximum atomic E-state index is 12.1. The average molecular weight is 269 g/mol. The monoisotopic (exact) mass is 269 g/mol. The molecule has 0 saturated heterocycles. The molecule has 1 unspecified atom stereocenters. The molecule has 1 saturated carbocycles. The van der Waals surface area contributed by atoms with E-state index in [0.29, 0.717) is 6.42 Å². The van der Waals surface area contributed by atoms with Crippen LogP contribution in [0.1, 0.15) is 25.8 Å². The third kappa shape index (κ3) is 2.91. The van der Waals surface area contributed by atoms with Crippen LogP contribution >= 0.6 is 0 Å². The number of hydrogen-bond donors (Lipinski definition) is 2. The molecule has 0 heterocycles. The average Bonchev–Trinajstić information content (AvgIpc) is 2.86. The lowest BCUT2D eigenvalue weighted by Gasteiger charge is -2.08. The van der Waals surface area contributed by atoms with E-state index in [1.165, 1.54) is 0 Å².